The maximum absolute atomic E-state index is 13.0. The average Bonchev–Trinajstić information content (AvgIpc) is 2.67. The molecule has 2 N–H and O–H groups in total. The second-order valence-corrected chi connectivity index (χ2v) is 7.79. The first kappa shape index (κ1) is 17.9. The molecule has 0 amide bonds. The summed E-state index contributed by atoms with van der Waals surface area (Å²) < 4.78 is 5.54. The summed E-state index contributed by atoms with van der Waals surface area (Å²) >= 11 is 1.48. The smallest absolute Gasteiger partial charge is 0.257 e. The normalized spacial score (nSPS) is 18.6. The molecule has 1 aliphatic heterocycles. The molecule has 140 valence electrons. The Hall–Kier alpha value is -2.54. The lowest BCUT2D eigenvalue weighted by Crippen LogP contribution is -2.32. The summed E-state index contributed by atoms with van der Waals surface area (Å²) in [4.78, 5) is 33.3. The van der Waals surface area contributed by atoms with Crippen molar-refractivity contribution >= 4 is 23.4 Å². The Morgan fingerprint density at radius 2 is 2.07 bits per heavy atom. The Balaban J connectivity index is 1.98. The molecular weight excluding hydrogens is 362 g/mol. The quantitative estimate of drug-likeness (QED) is 0.621. The Morgan fingerprint density at radius 1 is 1.26 bits per heavy atom. The number of benzene rings is 1. The first-order valence-corrected chi connectivity index (χ1v) is 10.1. The lowest BCUT2D eigenvalue weighted by atomic mass is 9.76. The van der Waals surface area contributed by atoms with Gasteiger partial charge in [-0.2, -0.15) is 0 Å². The van der Waals surface area contributed by atoms with Crippen LogP contribution in [0.5, 0.6) is 5.75 Å². The number of anilines is 1. The van der Waals surface area contributed by atoms with Gasteiger partial charge in [-0.25, -0.2) is 4.98 Å². The summed E-state index contributed by atoms with van der Waals surface area (Å²) in [5.74, 6) is 1.62. The van der Waals surface area contributed by atoms with Crippen molar-refractivity contribution in [2.45, 2.75) is 37.3 Å². The van der Waals surface area contributed by atoms with E-state index in [0.717, 1.165) is 29.9 Å². The van der Waals surface area contributed by atoms with Crippen molar-refractivity contribution in [1.82, 2.24) is 9.97 Å². The number of aromatic nitrogens is 2. The van der Waals surface area contributed by atoms with E-state index in [4.69, 9.17) is 4.74 Å². The molecule has 1 atom stereocenters. The van der Waals surface area contributed by atoms with E-state index in [1.165, 1.54) is 11.8 Å². The number of allylic oxidation sites excluding steroid dienone is 2. The number of hydrogen-bond donors (Lipinski definition) is 2. The highest BCUT2D eigenvalue weighted by molar-refractivity contribution is 7.99. The summed E-state index contributed by atoms with van der Waals surface area (Å²) in [5.41, 5.74) is 2.62. The molecule has 0 unspecified atom stereocenters. The van der Waals surface area contributed by atoms with Crippen molar-refractivity contribution in [2.24, 2.45) is 0 Å². The number of ether oxygens (including phenoxy) is 1. The summed E-state index contributed by atoms with van der Waals surface area (Å²) in [6, 6.07) is 7.55. The van der Waals surface area contributed by atoms with Crippen LogP contribution in [0.4, 0.5) is 5.82 Å². The van der Waals surface area contributed by atoms with Crippen molar-refractivity contribution < 1.29 is 9.53 Å². The highest BCUT2D eigenvalue weighted by Gasteiger charge is 2.38. The molecule has 6 nitrogen and oxygen atoms in total. The van der Waals surface area contributed by atoms with Gasteiger partial charge in [0.05, 0.1) is 18.6 Å². The summed E-state index contributed by atoms with van der Waals surface area (Å²) in [6.07, 6.45) is 2.08. The van der Waals surface area contributed by atoms with Crippen LogP contribution in [-0.4, -0.2) is 28.6 Å². The van der Waals surface area contributed by atoms with Crippen LogP contribution in [0.2, 0.25) is 0 Å². The summed E-state index contributed by atoms with van der Waals surface area (Å²) in [5, 5.41) is 3.86. The molecule has 2 aromatic rings. The zero-order valence-electron chi connectivity index (χ0n) is 15.3. The summed E-state index contributed by atoms with van der Waals surface area (Å²) in [7, 11) is 1.60. The SMILES string of the molecule is CCSc1nc2c(c(=O)[nH]1)[C@H](c1ccccc1OC)C1=C(CCCC1=O)N2. The molecule has 0 saturated carbocycles. The number of thioether (sulfide) groups is 1. The molecule has 27 heavy (non-hydrogen) atoms. The monoisotopic (exact) mass is 383 g/mol. The van der Waals surface area contributed by atoms with E-state index >= 15 is 0 Å². The minimum Gasteiger partial charge on any atom is -0.496 e. The van der Waals surface area contributed by atoms with E-state index < -0.39 is 5.92 Å². The molecule has 0 bridgehead atoms. The fourth-order valence-electron chi connectivity index (χ4n) is 3.86. The topological polar surface area (TPSA) is 84.1 Å². The largest absolute Gasteiger partial charge is 0.496 e. The highest BCUT2D eigenvalue weighted by Crippen LogP contribution is 2.45. The number of hydrogen-bond acceptors (Lipinski definition) is 6. The van der Waals surface area contributed by atoms with Crippen LogP contribution in [0.1, 0.15) is 43.2 Å². The van der Waals surface area contributed by atoms with E-state index in [2.05, 4.69) is 15.3 Å². The van der Waals surface area contributed by atoms with E-state index in [1.807, 2.05) is 31.2 Å². The van der Waals surface area contributed by atoms with Gasteiger partial charge in [0.25, 0.3) is 5.56 Å². The van der Waals surface area contributed by atoms with Crippen LogP contribution in [-0.2, 0) is 4.79 Å². The molecule has 0 spiro atoms. The standard InChI is InChI=1S/C20H21N3O3S/c1-3-27-20-22-18-17(19(25)23-20)15(11-7-4-5-10-14(11)26-2)16-12(21-18)8-6-9-13(16)24/h4-5,7,10,15H,3,6,8-9H2,1-2H3,(H2,21,22,23,25)/t15-/m1/s1. The van der Waals surface area contributed by atoms with Crippen LogP contribution in [0, 0.1) is 0 Å². The van der Waals surface area contributed by atoms with Crippen molar-refractivity contribution in [3.63, 3.8) is 0 Å². The third-order valence-electron chi connectivity index (χ3n) is 4.97. The number of carbonyl (C=O) groups is 1. The first-order valence-electron chi connectivity index (χ1n) is 9.07. The minimum absolute atomic E-state index is 0.0803. The average molecular weight is 383 g/mol. The lowest BCUT2D eigenvalue weighted by Gasteiger charge is -2.33. The Labute approximate surface area is 161 Å². The fourth-order valence-corrected chi connectivity index (χ4v) is 4.46. The van der Waals surface area contributed by atoms with Crippen molar-refractivity contribution in [3.05, 3.63) is 57.0 Å². The number of Topliss-reactive ketones (excluding diaryl/α,β-unsaturated/α-hetero) is 1. The molecule has 1 aromatic carbocycles. The zero-order valence-corrected chi connectivity index (χ0v) is 16.1. The number of para-hydroxylation sites is 1. The van der Waals surface area contributed by atoms with E-state index in [-0.39, 0.29) is 11.3 Å². The first-order chi connectivity index (χ1) is 13.1. The van der Waals surface area contributed by atoms with Gasteiger partial charge < -0.3 is 15.0 Å². The molecule has 0 radical (unpaired) electrons. The molecule has 0 saturated heterocycles. The number of H-pyrrole nitrogens is 1. The fraction of sp³-hybridized carbons (Fsp3) is 0.350. The van der Waals surface area contributed by atoms with Gasteiger partial charge in [0.2, 0.25) is 0 Å². The molecule has 2 heterocycles. The maximum atomic E-state index is 13.0. The molecular formula is C20H21N3O3S. The van der Waals surface area contributed by atoms with Crippen molar-refractivity contribution in [1.29, 1.82) is 0 Å². The van der Waals surface area contributed by atoms with Gasteiger partial charge in [-0.05, 0) is 24.7 Å². The molecule has 7 heteroatoms. The number of methoxy groups -OCH3 is 1. The van der Waals surface area contributed by atoms with Crippen molar-refractivity contribution in [2.75, 3.05) is 18.2 Å². The van der Waals surface area contributed by atoms with Crippen LogP contribution in [0.25, 0.3) is 0 Å². The lowest BCUT2D eigenvalue weighted by molar-refractivity contribution is -0.116. The number of fused-ring (bicyclic) bond motifs is 1. The Bertz CT molecular complexity index is 996. The van der Waals surface area contributed by atoms with Gasteiger partial charge in [0.1, 0.15) is 11.6 Å². The maximum Gasteiger partial charge on any atom is 0.257 e. The van der Waals surface area contributed by atoms with E-state index in [1.54, 1.807) is 7.11 Å². The predicted octanol–water partition coefficient (Wildman–Crippen LogP) is 3.46. The van der Waals surface area contributed by atoms with Gasteiger partial charge >= 0.3 is 0 Å². The minimum atomic E-state index is -0.475. The van der Waals surface area contributed by atoms with Crippen LogP contribution in [0.3, 0.4) is 0 Å². The number of nitrogens with zero attached hydrogens (tertiary/aromatic N) is 1. The number of aromatic amines is 1. The number of carbonyl (C=O) groups excluding carboxylic acids is 1. The van der Waals surface area contributed by atoms with E-state index in [9.17, 15) is 9.59 Å². The number of rotatable bonds is 4. The van der Waals surface area contributed by atoms with Gasteiger partial charge in [-0.3, -0.25) is 9.59 Å². The van der Waals surface area contributed by atoms with Crippen LogP contribution < -0.4 is 15.6 Å². The highest BCUT2D eigenvalue weighted by atomic mass is 32.2. The molecule has 2 aliphatic rings. The second-order valence-electron chi connectivity index (χ2n) is 6.54. The molecule has 1 aliphatic carbocycles. The zero-order chi connectivity index (χ0) is 19.0. The molecule has 4 rings (SSSR count). The van der Waals surface area contributed by atoms with Crippen LogP contribution in [0.15, 0.2) is 45.5 Å². The van der Waals surface area contributed by atoms with Gasteiger partial charge in [-0.1, -0.05) is 36.9 Å². The van der Waals surface area contributed by atoms with Crippen molar-refractivity contribution in [3.8, 4) is 5.75 Å². The van der Waals surface area contributed by atoms with Gasteiger partial charge in [0.15, 0.2) is 10.9 Å². The Morgan fingerprint density at radius 3 is 2.85 bits per heavy atom. The third-order valence-corrected chi connectivity index (χ3v) is 5.72. The predicted molar refractivity (Wildman–Crippen MR) is 106 cm³/mol. The number of nitrogens with one attached hydrogen (secondary N) is 2. The number of ketones is 1. The molecule has 0 fully saturated rings. The van der Waals surface area contributed by atoms with E-state index in [0.29, 0.717) is 34.3 Å². The van der Waals surface area contributed by atoms with Crippen LogP contribution >= 0.6 is 11.8 Å². The Kier molecular flexibility index (Phi) is 4.78. The second kappa shape index (κ2) is 7.23. The van der Waals surface area contributed by atoms with Gasteiger partial charge in [-0.15, -0.1) is 0 Å². The molecule has 1 aromatic heterocycles. The van der Waals surface area contributed by atoms with Gasteiger partial charge in [0, 0.05) is 23.3 Å². The summed E-state index contributed by atoms with van der Waals surface area (Å²) in [6.45, 7) is 2.01. The third kappa shape index (κ3) is 3.06.